The minimum absolute atomic E-state index is 0.0161. The summed E-state index contributed by atoms with van der Waals surface area (Å²) < 4.78 is 3.00. The van der Waals surface area contributed by atoms with Gasteiger partial charge in [-0.05, 0) is 48.9 Å². The van der Waals surface area contributed by atoms with E-state index in [1.807, 2.05) is 78.0 Å². The van der Waals surface area contributed by atoms with Crippen LogP contribution < -0.4 is 4.90 Å². The quantitative estimate of drug-likeness (QED) is 0.220. The third kappa shape index (κ3) is 3.82. The van der Waals surface area contributed by atoms with Crippen molar-refractivity contribution in [1.29, 1.82) is 0 Å². The number of fused-ring (bicyclic) bond motifs is 5. The smallest absolute Gasteiger partial charge is 0.245 e. The zero-order valence-electron chi connectivity index (χ0n) is 19.0. The first-order valence-corrected chi connectivity index (χ1v) is 13.7. The molecule has 0 fully saturated rings. The summed E-state index contributed by atoms with van der Waals surface area (Å²) in [4.78, 5) is 22.8. The maximum Gasteiger partial charge on any atom is 0.245 e. The Kier molecular flexibility index (Phi) is 5.78. The Bertz CT molecular complexity index is 1570. The summed E-state index contributed by atoms with van der Waals surface area (Å²) in [6.07, 6.45) is 0.640. The van der Waals surface area contributed by atoms with Gasteiger partial charge in [0.1, 0.15) is 5.52 Å². The highest BCUT2D eigenvalue weighted by Crippen LogP contribution is 2.48. The van der Waals surface area contributed by atoms with Gasteiger partial charge < -0.3 is 4.57 Å². The minimum atomic E-state index is -0.359. The molecule has 0 saturated heterocycles. The summed E-state index contributed by atoms with van der Waals surface area (Å²) in [5, 5.41) is 10.0. The number of hydrogen-bond acceptors (Lipinski definition) is 6. The highest BCUT2D eigenvalue weighted by Gasteiger charge is 2.33. The highest BCUT2D eigenvalue weighted by molar-refractivity contribution is 9.10. The fraction of sp³-hybridized carbons (Fsp3) is 0.154. The number of halogens is 1. The molecule has 174 valence electrons. The van der Waals surface area contributed by atoms with Gasteiger partial charge in [-0.15, -0.1) is 10.2 Å². The Balaban J connectivity index is 1.38. The third-order valence-corrected chi connectivity index (χ3v) is 8.91. The molecule has 0 N–H and O–H groups in total. The lowest BCUT2D eigenvalue weighted by Crippen LogP contribution is -2.35. The van der Waals surface area contributed by atoms with Gasteiger partial charge in [-0.3, -0.25) is 9.69 Å². The Labute approximate surface area is 219 Å². The Morgan fingerprint density at radius 1 is 1.03 bits per heavy atom. The first-order chi connectivity index (χ1) is 17.0. The van der Waals surface area contributed by atoms with Crippen molar-refractivity contribution < 1.29 is 4.79 Å². The lowest BCUT2D eigenvalue weighted by Gasteiger charge is -2.33. The molecule has 6 rings (SSSR count). The molecule has 0 saturated carbocycles. The zero-order chi connectivity index (χ0) is 24.1. The molecule has 35 heavy (non-hydrogen) atoms. The van der Waals surface area contributed by atoms with Gasteiger partial charge in [0.05, 0.1) is 22.1 Å². The van der Waals surface area contributed by atoms with E-state index in [1.165, 1.54) is 11.8 Å². The number of aryl methyl sites for hydroxylation is 1. The molecule has 2 aromatic heterocycles. The first kappa shape index (κ1) is 22.6. The average molecular weight is 563 g/mol. The number of nitrogens with zero attached hydrogens (tertiary/aromatic N) is 5. The number of carbonyl (C=O) groups is 1. The van der Waals surface area contributed by atoms with Crippen LogP contribution >= 0.6 is 39.5 Å². The number of thioether (sulfide) groups is 1. The van der Waals surface area contributed by atoms with Crippen LogP contribution in [0.3, 0.4) is 0 Å². The molecule has 3 heterocycles. The molecule has 5 aromatic rings. The number of carbonyl (C=O) groups excluding carboxylic acids is 1. The number of rotatable bonds is 4. The van der Waals surface area contributed by atoms with Crippen LogP contribution in [0, 0.1) is 0 Å². The molecule has 0 unspecified atom stereocenters. The summed E-state index contributed by atoms with van der Waals surface area (Å²) in [5.41, 5.74) is 4.36. The van der Waals surface area contributed by atoms with Crippen LogP contribution in [0.5, 0.6) is 0 Å². The highest BCUT2D eigenvalue weighted by atomic mass is 79.9. The summed E-state index contributed by atoms with van der Waals surface area (Å²) >= 11 is 6.60. The van der Waals surface area contributed by atoms with Gasteiger partial charge in [0.2, 0.25) is 11.1 Å². The summed E-state index contributed by atoms with van der Waals surface area (Å²) in [5.74, 6) is 0.0161. The predicted molar refractivity (Wildman–Crippen MR) is 146 cm³/mol. The van der Waals surface area contributed by atoms with E-state index >= 15 is 0 Å². The second kappa shape index (κ2) is 8.96. The molecular weight excluding hydrogens is 542 g/mol. The van der Waals surface area contributed by atoms with Crippen LogP contribution in [0.2, 0.25) is 0 Å². The molecule has 0 spiro atoms. The fourth-order valence-corrected chi connectivity index (χ4v) is 6.66. The molecule has 3 aromatic carbocycles. The number of aromatic nitrogens is 4. The molecule has 0 aliphatic carbocycles. The maximum absolute atomic E-state index is 14.0. The van der Waals surface area contributed by atoms with Gasteiger partial charge in [0.15, 0.2) is 5.65 Å². The Morgan fingerprint density at radius 2 is 1.71 bits per heavy atom. The molecule has 1 aliphatic heterocycles. The van der Waals surface area contributed by atoms with E-state index in [-0.39, 0.29) is 11.2 Å². The van der Waals surface area contributed by atoms with Gasteiger partial charge in [-0.25, -0.2) is 4.98 Å². The van der Waals surface area contributed by atoms with Crippen molar-refractivity contribution in [3.05, 3.63) is 71.2 Å². The molecular formula is C26H20BrN5OS2. The second-order valence-electron chi connectivity index (χ2n) is 8.21. The summed E-state index contributed by atoms with van der Waals surface area (Å²) in [6.45, 7) is 2.02. The monoisotopic (exact) mass is 561 g/mol. The predicted octanol–water partition coefficient (Wildman–Crippen LogP) is 6.98. The largest absolute Gasteiger partial charge is 0.327 e. The van der Waals surface area contributed by atoms with Crippen molar-refractivity contribution >= 4 is 78.8 Å². The summed E-state index contributed by atoms with van der Waals surface area (Å²) in [7, 11) is 1.98. The number of anilines is 2. The van der Waals surface area contributed by atoms with Gasteiger partial charge in [-0.1, -0.05) is 70.6 Å². The fourth-order valence-electron chi connectivity index (χ4n) is 4.39. The van der Waals surface area contributed by atoms with Crippen molar-refractivity contribution in [3.63, 3.8) is 0 Å². The van der Waals surface area contributed by atoms with Crippen molar-refractivity contribution in [2.75, 3.05) is 4.90 Å². The summed E-state index contributed by atoms with van der Waals surface area (Å²) in [6, 6.07) is 22.2. The number of amides is 1. The van der Waals surface area contributed by atoms with Crippen LogP contribution in [-0.4, -0.2) is 30.9 Å². The average Bonchev–Trinajstić information content (AvgIpc) is 3.15. The molecule has 1 amide bonds. The van der Waals surface area contributed by atoms with E-state index in [0.29, 0.717) is 11.6 Å². The van der Waals surface area contributed by atoms with Crippen LogP contribution in [0.4, 0.5) is 11.4 Å². The van der Waals surface area contributed by atoms with E-state index < -0.39 is 0 Å². The van der Waals surface area contributed by atoms with Crippen molar-refractivity contribution in [3.8, 4) is 0 Å². The van der Waals surface area contributed by atoms with E-state index in [1.54, 1.807) is 11.8 Å². The van der Waals surface area contributed by atoms with Crippen molar-refractivity contribution in [2.45, 2.75) is 33.5 Å². The molecule has 1 atom stereocenters. The first-order valence-electron chi connectivity index (χ1n) is 11.2. The lowest BCUT2D eigenvalue weighted by atomic mass is 10.2. The van der Waals surface area contributed by atoms with Gasteiger partial charge in [-0.2, -0.15) is 0 Å². The lowest BCUT2D eigenvalue weighted by molar-refractivity contribution is -0.117. The normalized spacial score (nSPS) is 13.6. The zero-order valence-corrected chi connectivity index (χ0v) is 22.2. The SMILES string of the molecule is CC[C@H](Sc1nnc2c3cc(Br)ccc3n(C)c2n1)C(=O)N1c2ccccc2Sc2ccccc21. The maximum atomic E-state index is 14.0. The van der Waals surface area contributed by atoms with Crippen molar-refractivity contribution in [1.82, 2.24) is 19.7 Å². The molecule has 0 bridgehead atoms. The Morgan fingerprint density at radius 3 is 2.40 bits per heavy atom. The molecule has 1 aliphatic rings. The van der Waals surface area contributed by atoms with Crippen LogP contribution in [0.1, 0.15) is 13.3 Å². The minimum Gasteiger partial charge on any atom is -0.327 e. The Hall–Kier alpha value is -2.88. The van der Waals surface area contributed by atoms with E-state index in [4.69, 9.17) is 4.98 Å². The van der Waals surface area contributed by atoms with E-state index in [2.05, 4.69) is 38.3 Å². The number of hydrogen-bond donors (Lipinski definition) is 0. The van der Waals surface area contributed by atoms with Crippen LogP contribution in [0.15, 0.2) is 86.2 Å². The second-order valence-corrected chi connectivity index (χ2v) is 11.4. The van der Waals surface area contributed by atoms with E-state index in [9.17, 15) is 4.79 Å². The van der Waals surface area contributed by atoms with Crippen LogP contribution in [0.25, 0.3) is 22.1 Å². The van der Waals surface area contributed by atoms with Gasteiger partial charge >= 0.3 is 0 Å². The number of para-hydroxylation sites is 2. The molecule has 0 radical (unpaired) electrons. The molecule has 6 nitrogen and oxygen atoms in total. The standard InChI is InChI=1S/C26H20BrN5OS2/c1-3-20(25(33)32-18-8-4-6-10-21(18)34-22-11-7-5-9-19(22)32)35-26-28-24-23(29-30-26)16-14-15(27)12-13-17(16)31(24)2/h4-14,20H,3H2,1-2H3/t20-/m0/s1. The topological polar surface area (TPSA) is 63.9 Å². The molecule has 9 heteroatoms. The third-order valence-electron chi connectivity index (χ3n) is 6.09. The number of benzene rings is 3. The van der Waals surface area contributed by atoms with Crippen molar-refractivity contribution in [2.24, 2.45) is 7.05 Å². The van der Waals surface area contributed by atoms with Gasteiger partial charge in [0, 0.05) is 26.7 Å². The van der Waals surface area contributed by atoms with Gasteiger partial charge in [0.25, 0.3) is 0 Å². The van der Waals surface area contributed by atoms with E-state index in [0.717, 1.165) is 47.7 Å². The van der Waals surface area contributed by atoms with Crippen LogP contribution in [-0.2, 0) is 11.8 Å².